The predicted molar refractivity (Wildman–Crippen MR) is 91.6 cm³/mol. The van der Waals surface area contributed by atoms with Crippen molar-refractivity contribution >= 4 is 6.09 Å². The van der Waals surface area contributed by atoms with Gasteiger partial charge in [0.25, 0.3) is 0 Å². The molecule has 0 spiro atoms. The van der Waals surface area contributed by atoms with E-state index < -0.39 is 29.6 Å². The molecular formula is C16H28N4O6. The Morgan fingerprint density at radius 2 is 2.04 bits per heavy atom. The summed E-state index contributed by atoms with van der Waals surface area (Å²) in [7, 11) is 0. The highest BCUT2D eigenvalue weighted by Crippen LogP contribution is 2.35. The lowest BCUT2D eigenvalue weighted by Crippen LogP contribution is -2.59. The Kier molecular flexibility index (Phi) is 6.70. The van der Waals surface area contributed by atoms with Gasteiger partial charge in [-0.15, -0.1) is 0 Å². The maximum atomic E-state index is 12.1. The largest absolute Gasteiger partial charge is 0.444 e. The van der Waals surface area contributed by atoms with E-state index in [-0.39, 0.29) is 32.0 Å². The highest BCUT2D eigenvalue weighted by Gasteiger charge is 2.52. The lowest BCUT2D eigenvalue weighted by Gasteiger charge is -2.37. The first-order valence-electron chi connectivity index (χ1n) is 8.67. The number of amides is 1. The fourth-order valence-electron chi connectivity index (χ4n) is 2.91. The number of nitrogens with zero attached hydrogens (tertiary/aromatic N) is 3. The molecule has 0 saturated carbocycles. The van der Waals surface area contributed by atoms with Gasteiger partial charge in [0.1, 0.15) is 23.9 Å². The Morgan fingerprint density at radius 1 is 1.35 bits per heavy atom. The Hall–Kier alpha value is -1.58. The molecule has 26 heavy (non-hydrogen) atoms. The first-order chi connectivity index (χ1) is 12.1. The maximum Gasteiger partial charge on any atom is 0.408 e. The van der Waals surface area contributed by atoms with E-state index in [9.17, 15) is 4.79 Å². The Morgan fingerprint density at radius 3 is 2.69 bits per heavy atom. The molecule has 0 radical (unpaired) electrons. The molecule has 148 valence electrons. The minimum absolute atomic E-state index is 0.253. The van der Waals surface area contributed by atoms with Crippen LogP contribution in [0.4, 0.5) is 4.79 Å². The average Bonchev–Trinajstić information content (AvgIpc) is 2.83. The molecule has 2 saturated heterocycles. The number of carbonyl (C=O) groups excluding carboxylic acids is 1. The molecule has 1 N–H and O–H groups in total. The molecule has 2 fully saturated rings. The van der Waals surface area contributed by atoms with Crippen LogP contribution in [-0.4, -0.2) is 68.2 Å². The van der Waals surface area contributed by atoms with Gasteiger partial charge in [-0.05, 0) is 40.1 Å². The second kappa shape index (κ2) is 8.41. The van der Waals surface area contributed by atoms with Gasteiger partial charge in [0.2, 0.25) is 0 Å². The van der Waals surface area contributed by atoms with Gasteiger partial charge in [-0.3, -0.25) is 0 Å². The van der Waals surface area contributed by atoms with Crippen LogP contribution in [0.25, 0.3) is 10.4 Å². The van der Waals surface area contributed by atoms with E-state index in [1.807, 2.05) is 13.8 Å². The summed E-state index contributed by atoms with van der Waals surface area (Å²) in [6.45, 7) is 10.1. The van der Waals surface area contributed by atoms with Gasteiger partial charge in [-0.25, -0.2) is 4.79 Å². The van der Waals surface area contributed by atoms with Gasteiger partial charge in [0, 0.05) is 11.5 Å². The second-order valence-electron chi connectivity index (χ2n) is 7.72. The Bertz CT molecular complexity index is 543. The molecule has 0 aromatic heterocycles. The lowest BCUT2D eigenvalue weighted by atomic mass is 9.98. The van der Waals surface area contributed by atoms with Crippen LogP contribution in [0.3, 0.4) is 0 Å². The monoisotopic (exact) mass is 372 g/mol. The summed E-state index contributed by atoms with van der Waals surface area (Å²) >= 11 is 0. The highest BCUT2D eigenvalue weighted by atomic mass is 16.8. The molecule has 2 rings (SSSR count). The molecule has 4 atom stereocenters. The first kappa shape index (κ1) is 20.7. The maximum absolute atomic E-state index is 12.1. The Labute approximate surface area is 153 Å². The number of fused-ring (bicyclic) bond motifs is 1. The van der Waals surface area contributed by atoms with Gasteiger partial charge < -0.3 is 29.0 Å². The lowest BCUT2D eigenvalue weighted by molar-refractivity contribution is -0.160. The fourth-order valence-corrected chi connectivity index (χ4v) is 2.91. The van der Waals surface area contributed by atoms with Crippen LogP contribution in [0.1, 0.15) is 34.6 Å². The highest BCUT2D eigenvalue weighted by molar-refractivity contribution is 5.68. The molecule has 1 amide bonds. The predicted octanol–water partition coefficient (Wildman–Crippen LogP) is 2.13. The van der Waals surface area contributed by atoms with E-state index in [1.54, 1.807) is 20.8 Å². The molecule has 0 aliphatic carbocycles. The van der Waals surface area contributed by atoms with E-state index in [0.717, 1.165) is 0 Å². The summed E-state index contributed by atoms with van der Waals surface area (Å²) in [4.78, 5) is 14.8. The summed E-state index contributed by atoms with van der Waals surface area (Å²) in [5.41, 5.74) is 7.67. The van der Waals surface area contributed by atoms with Crippen molar-refractivity contribution in [2.45, 2.75) is 70.4 Å². The van der Waals surface area contributed by atoms with Crippen molar-refractivity contribution in [1.29, 1.82) is 0 Å². The number of azide groups is 1. The van der Waals surface area contributed by atoms with Crippen molar-refractivity contribution in [3.8, 4) is 0 Å². The first-order valence-corrected chi connectivity index (χ1v) is 8.67. The number of carbonyl (C=O) groups is 1. The standard InChI is InChI=1S/C16H28N4O6/c1-15(2,3)26-14(21)19-10-8-23-11(9-22-7-6-18-20-17)13-12(10)24-16(4,5)25-13/h10-13H,6-9H2,1-5H3,(H,19,21)/t10-,11+,12+,13-/m0/s1. The van der Waals surface area contributed by atoms with E-state index in [2.05, 4.69) is 15.3 Å². The molecular weight excluding hydrogens is 344 g/mol. The normalized spacial score (nSPS) is 30.2. The minimum Gasteiger partial charge on any atom is -0.444 e. The zero-order valence-electron chi connectivity index (χ0n) is 15.9. The van der Waals surface area contributed by atoms with Crippen molar-refractivity contribution in [3.05, 3.63) is 10.4 Å². The Balaban J connectivity index is 1.95. The van der Waals surface area contributed by atoms with Crippen LogP contribution in [0, 0.1) is 0 Å². The number of ether oxygens (including phenoxy) is 5. The molecule has 10 heteroatoms. The van der Waals surface area contributed by atoms with Crippen molar-refractivity contribution < 1.29 is 28.5 Å². The quantitative estimate of drug-likeness (QED) is 0.330. The van der Waals surface area contributed by atoms with Crippen LogP contribution in [0.5, 0.6) is 0 Å². The molecule has 2 aliphatic heterocycles. The summed E-state index contributed by atoms with van der Waals surface area (Å²) in [5.74, 6) is -0.791. The zero-order chi connectivity index (χ0) is 19.4. The number of hydrogen-bond donors (Lipinski definition) is 1. The van der Waals surface area contributed by atoms with E-state index in [4.69, 9.17) is 29.2 Å². The second-order valence-corrected chi connectivity index (χ2v) is 7.72. The molecule has 0 unspecified atom stereocenters. The van der Waals surface area contributed by atoms with Gasteiger partial charge in [0.15, 0.2) is 5.79 Å². The number of alkyl carbamates (subject to hydrolysis) is 1. The van der Waals surface area contributed by atoms with Crippen molar-refractivity contribution in [3.63, 3.8) is 0 Å². The van der Waals surface area contributed by atoms with Crippen molar-refractivity contribution in [2.75, 3.05) is 26.4 Å². The van der Waals surface area contributed by atoms with Crippen LogP contribution in [0.15, 0.2) is 5.11 Å². The van der Waals surface area contributed by atoms with E-state index in [0.29, 0.717) is 6.61 Å². The third kappa shape index (κ3) is 6.00. The summed E-state index contributed by atoms with van der Waals surface area (Å²) in [6.07, 6.45) is -1.64. The van der Waals surface area contributed by atoms with Crippen molar-refractivity contribution in [2.24, 2.45) is 5.11 Å². The van der Waals surface area contributed by atoms with Crippen LogP contribution in [0.2, 0.25) is 0 Å². The SMILES string of the molecule is CC(C)(C)OC(=O)N[C@H]1CO[C@H](COCCN=[N+]=[N-])[C@@H]2OC(C)(C)O[C@@H]21. The van der Waals surface area contributed by atoms with E-state index in [1.165, 1.54) is 0 Å². The summed E-state index contributed by atoms with van der Waals surface area (Å²) in [5, 5.41) is 6.22. The topological polar surface area (TPSA) is 124 Å². The van der Waals surface area contributed by atoms with E-state index >= 15 is 0 Å². The van der Waals surface area contributed by atoms with Crippen LogP contribution < -0.4 is 5.32 Å². The van der Waals surface area contributed by atoms with Gasteiger partial charge in [0.05, 0.1) is 25.9 Å². The smallest absolute Gasteiger partial charge is 0.408 e. The number of nitrogens with one attached hydrogen (secondary N) is 1. The molecule has 0 aromatic carbocycles. The summed E-state index contributed by atoms with van der Waals surface area (Å²) < 4.78 is 28.6. The third-order valence-electron chi connectivity index (χ3n) is 3.80. The molecule has 0 aromatic rings. The zero-order valence-corrected chi connectivity index (χ0v) is 15.9. The number of rotatable bonds is 6. The van der Waals surface area contributed by atoms with Crippen LogP contribution >= 0.6 is 0 Å². The van der Waals surface area contributed by atoms with Crippen LogP contribution in [-0.2, 0) is 23.7 Å². The fraction of sp³-hybridized carbons (Fsp3) is 0.938. The number of hydrogen-bond acceptors (Lipinski definition) is 7. The minimum atomic E-state index is -0.791. The van der Waals surface area contributed by atoms with Gasteiger partial charge in [-0.1, -0.05) is 5.11 Å². The molecule has 2 aliphatic rings. The van der Waals surface area contributed by atoms with Gasteiger partial charge in [-0.2, -0.15) is 0 Å². The van der Waals surface area contributed by atoms with Crippen molar-refractivity contribution in [1.82, 2.24) is 5.32 Å². The molecule has 2 heterocycles. The average molecular weight is 372 g/mol. The third-order valence-corrected chi connectivity index (χ3v) is 3.80. The summed E-state index contributed by atoms with van der Waals surface area (Å²) in [6, 6.07) is -0.393. The molecule has 0 bridgehead atoms. The molecule has 10 nitrogen and oxygen atoms in total. The van der Waals surface area contributed by atoms with Gasteiger partial charge >= 0.3 is 6.09 Å².